The van der Waals surface area contributed by atoms with Crippen molar-refractivity contribution in [1.29, 1.82) is 0 Å². The van der Waals surface area contributed by atoms with Gasteiger partial charge in [0.2, 0.25) is 5.91 Å². The zero-order valence-electron chi connectivity index (χ0n) is 17.3. The molecular weight excluding hydrogens is 400 g/mol. The van der Waals surface area contributed by atoms with E-state index in [1.54, 1.807) is 11.3 Å². The van der Waals surface area contributed by atoms with Crippen molar-refractivity contribution in [3.63, 3.8) is 0 Å². The number of thiophene rings is 1. The van der Waals surface area contributed by atoms with Crippen LogP contribution in [0.4, 0.5) is 11.4 Å². The summed E-state index contributed by atoms with van der Waals surface area (Å²) in [6.07, 6.45) is 3.42. The van der Waals surface area contributed by atoms with E-state index in [4.69, 9.17) is 0 Å². The fourth-order valence-electron chi connectivity index (χ4n) is 3.69. The third kappa shape index (κ3) is 4.41. The van der Waals surface area contributed by atoms with Crippen LogP contribution in [0.2, 0.25) is 0 Å². The lowest BCUT2D eigenvalue weighted by Crippen LogP contribution is -2.15. The summed E-state index contributed by atoms with van der Waals surface area (Å²) in [5.41, 5.74) is 3.32. The summed E-state index contributed by atoms with van der Waals surface area (Å²) in [5.74, 6) is 1.81. The largest absolute Gasteiger partial charge is 0.378 e. The van der Waals surface area contributed by atoms with Crippen LogP contribution in [0, 0.1) is 12.8 Å². The lowest BCUT2D eigenvalue weighted by Gasteiger charge is -2.18. The molecule has 3 aromatic rings. The first kappa shape index (κ1) is 20.2. The number of aryl methyl sites for hydroxylation is 2. The van der Waals surface area contributed by atoms with Crippen LogP contribution in [0.3, 0.4) is 0 Å². The number of thioether (sulfide) groups is 1. The van der Waals surface area contributed by atoms with Crippen molar-refractivity contribution >= 4 is 50.6 Å². The molecule has 0 spiro atoms. The summed E-state index contributed by atoms with van der Waals surface area (Å²) in [5, 5.41) is 5.10. The number of amides is 1. The Balaban J connectivity index is 1.50. The van der Waals surface area contributed by atoms with Gasteiger partial charge in [-0.2, -0.15) is 0 Å². The zero-order valence-corrected chi connectivity index (χ0v) is 18.9. The number of carbonyl (C=O) groups excluding carboxylic acids is 1. The van der Waals surface area contributed by atoms with Gasteiger partial charge in [-0.1, -0.05) is 18.7 Å². The number of carbonyl (C=O) groups is 1. The first-order valence-corrected chi connectivity index (χ1v) is 11.7. The topological polar surface area (TPSA) is 58.1 Å². The number of hydrogen-bond donors (Lipinski definition) is 1. The van der Waals surface area contributed by atoms with Crippen LogP contribution < -0.4 is 10.2 Å². The maximum absolute atomic E-state index is 12.5. The second-order valence-electron chi connectivity index (χ2n) is 7.89. The van der Waals surface area contributed by atoms with Crippen molar-refractivity contribution in [2.45, 2.75) is 38.1 Å². The van der Waals surface area contributed by atoms with Crippen LogP contribution in [0.25, 0.3) is 10.2 Å². The Bertz CT molecular complexity index is 1040. The quantitative estimate of drug-likeness (QED) is 0.463. The molecule has 1 aromatic carbocycles. The zero-order chi connectivity index (χ0) is 20.5. The minimum absolute atomic E-state index is 0.0188. The Morgan fingerprint density at radius 1 is 1.28 bits per heavy atom. The van der Waals surface area contributed by atoms with Gasteiger partial charge in [0.1, 0.15) is 15.7 Å². The molecule has 5 nitrogen and oxygen atoms in total. The highest BCUT2D eigenvalue weighted by molar-refractivity contribution is 8.00. The molecule has 0 radical (unpaired) electrons. The lowest BCUT2D eigenvalue weighted by atomic mass is 9.89. The molecule has 1 aliphatic carbocycles. The van der Waals surface area contributed by atoms with Gasteiger partial charge in [-0.3, -0.25) is 4.79 Å². The summed E-state index contributed by atoms with van der Waals surface area (Å²) in [4.78, 5) is 26.4. The Hall–Kier alpha value is -2.12. The molecule has 29 heavy (non-hydrogen) atoms. The summed E-state index contributed by atoms with van der Waals surface area (Å²) in [6, 6.07) is 7.86. The van der Waals surface area contributed by atoms with Crippen LogP contribution in [0.1, 0.15) is 29.6 Å². The van der Waals surface area contributed by atoms with E-state index in [0.29, 0.717) is 5.75 Å². The minimum Gasteiger partial charge on any atom is -0.378 e. The Morgan fingerprint density at radius 2 is 2.03 bits per heavy atom. The molecule has 1 amide bonds. The van der Waals surface area contributed by atoms with E-state index in [-0.39, 0.29) is 5.91 Å². The lowest BCUT2D eigenvalue weighted by molar-refractivity contribution is -0.113. The maximum atomic E-state index is 12.5. The van der Waals surface area contributed by atoms with Crippen molar-refractivity contribution < 1.29 is 4.79 Å². The minimum atomic E-state index is -0.0188. The van der Waals surface area contributed by atoms with Crippen molar-refractivity contribution in [1.82, 2.24) is 9.97 Å². The normalized spacial score (nSPS) is 15.9. The molecule has 2 heterocycles. The Morgan fingerprint density at radius 3 is 2.76 bits per heavy atom. The van der Waals surface area contributed by atoms with Gasteiger partial charge in [-0.25, -0.2) is 9.97 Å². The van der Waals surface area contributed by atoms with Crippen molar-refractivity contribution in [3.8, 4) is 0 Å². The smallest absolute Gasteiger partial charge is 0.234 e. The van der Waals surface area contributed by atoms with E-state index in [2.05, 4.69) is 22.2 Å². The molecule has 0 fully saturated rings. The van der Waals surface area contributed by atoms with E-state index in [1.165, 1.54) is 34.0 Å². The molecule has 7 heteroatoms. The number of benzene rings is 1. The molecule has 1 atom stereocenters. The van der Waals surface area contributed by atoms with Gasteiger partial charge in [0.05, 0.1) is 5.75 Å². The van der Waals surface area contributed by atoms with Crippen molar-refractivity contribution in [3.05, 3.63) is 40.5 Å². The summed E-state index contributed by atoms with van der Waals surface area (Å²) in [6.45, 7) is 4.24. The molecular formula is C22H26N4OS2. The van der Waals surface area contributed by atoms with E-state index < -0.39 is 0 Å². The highest BCUT2D eigenvalue weighted by atomic mass is 32.2. The van der Waals surface area contributed by atoms with E-state index >= 15 is 0 Å². The van der Waals surface area contributed by atoms with Gasteiger partial charge in [0.25, 0.3) is 0 Å². The number of rotatable bonds is 5. The number of anilines is 2. The summed E-state index contributed by atoms with van der Waals surface area (Å²) >= 11 is 3.32. The van der Waals surface area contributed by atoms with Crippen LogP contribution in [-0.4, -0.2) is 35.7 Å². The maximum Gasteiger partial charge on any atom is 0.234 e. The summed E-state index contributed by atoms with van der Waals surface area (Å²) < 4.78 is 0. The standard InChI is InChI=1S/C22H26N4OS2/c1-13-5-10-17-18(11-13)29-22-20(17)21(23-14(2)24-22)28-12-19(27)25-15-6-8-16(9-7-15)26(3)4/h6-9,13H,5,10-12H2,1-4H3,(H,25,27)/t13-/m0/s1. The number of nitrogens with zero attached hydrogens (tertiary/aromatic N) is 3. The van der Waals surface area contributed by atoms with E-state index in [0.717, 1.165) is 45.8 Å². The monoisotopic (exact) mass is 426 g/mol. The molecule has 0 saturated carbocycles. The third-order valence-corrected chi connectivity index (χ3v) is 7.36. The number of fused-ring (bicyclic) bond motifs is 3. The van der Waals surface area contributed by atoms with Crippen LogP contribution >= 0.6 is 23.1 Å². The fraction of sp³-hybridized carbons (Fsp3) is 0.409. The molecule has 1 aliphatic rings. The molecule has 152 valence electrons. The SMILES string of the molecule is Cc1nc(SCC(=O)Nc2ccc(N(C)C)cc2)c2c3c(sc2n1)C[C@@H](C)CC3. The molecule has 2 aromatic heterocycles. The first-order chi connectivity index (χ1) is 13.9. The molecule has 4 rings (SSSR count). The molecule has 1 N–H and O–H groups in total. The van der Waals surface area contributed by atoms with Gasteiger partial charge < -0.3 is 10.2 Å². The third-order valence-electron chi connectivity index (χ3n) is 5.24. The number of aromatic nitrogens is 2. The molecule has 0 aliphatic heterocycles. The second-order valence-corrected chi connectivity index (χ2v) is 9.93. The number of hydrogen-bond acceptors (Lipinski definition) is 6. The van der Waals surface area contributed by atoms with Crippen molar-refractivity contribution in [2.24, 2.45) is 5.92 Å². The van der Waals surface area contributed by atoms with Crippen LogP contribution in [0.5, 0.6) is 0 Å². The van der Waals surface area contributed by atoms with E-state index in [9.17, 15) is 4.79 Å². The van der Waals surface area contributed by atoms with E-state index in [1.807, 2.05) is 50.2 Å². The van der Waals surface area contributed by atoms with Crippen LogP contribution in [0.15, 0.2) is 29.3 Å². The van der Waals surface area contributed by atoms with Crippen molar-refractivity contribution in [2.75, 3.05) is 30.1 Å². The molecule has 0 unspecified atom stereocenters. The predicted molar refractivity (Wildman–Crippen MR) is 123 cm³/mol. The average molecular weight is 427 g/mol. The van der Waals surface area contributed by atoms with Gasteiger partial charge in [0, 0.05) is 35.7 Å². The number of nitrogens with one attached hydrogen (secondary N) is 1. The second kappa shape index (κ2) is 8.32. The fourth-order valence-corrected chi connectivity index (χ4v) is 6.08. The highest BCUT2D eigenvalue weighted by Crippen LogP contribution is 2.40. The van der Waals surface area contributed by atoms with Gasteiger partial charge >= 0.3 is 0 Å². The predicted octanol–water partition coefficient (Wildman–Crippen LogP) is 4.92. The Labute approximate surface area is 179 Å². The highest BCUT2D eigenvalue weighted by Gasteiger charge is 2.24. The first-order valence-electron chi connectivity index (χ1n) is 9.89. The molecule has 0 saturated heterocycles. The van der Waals surface area contributed by atoms with Gasteiger partial charge in [0.15, 0.2) is 0 Å². The van der Waals surface area contributed by atoms with Gasteiger partial charge in [-0.05, 0) is 61.9 Å². The average Bonchev–Trinajstić information content (AvgIpc) is 3.03. The van der Waals surface area contributed by atoms with Crippen LogP contribution in [-0.2, 0) is 17.6 Å². The Kier molecular flexibility index (Phi) is 5.79. The molecule has 0 bridgehead atoms. The summed E-state index contributed by atoms with van der Waals surface area (Å²) in [7, 11) is 4.00. The van der Waals surface area contributed by atoms with Gasteiger partial charge in [-0.15, -0.1) is 11.3 Å².